The van der Waals surface area contributed by atoms with Crippen LogP contribution in [-0.2, 0) is 9.47 Å². The lowest BCUT2D eigenvalue weighted by Gasteiger charge is -2.59. The van der Waals surface area contributed by atoms with E-state index in [1.54, 1.807) is 0 Å². The number of ether oxygens (including phenoxy) is 2. The summed E-state index contributed by atoms with van der Waals surface area (Å²) < 4.78 is 12.6. The minimum atomic E-state index is -0.218. The van der Waals surface area contributed by atoms with Crippen LogP contribution in [0.5, 0.6) is 0 Å². The second-order valence-corrected chi connectivity index (χ2v) is 10.2. The summed E-state index contributed by atoms with van der Waals surface area (Å²) in [5.41, 5.74) is 0.909. The van der Waals surface area contributed by atoms with Crippen LogP contribution in [0.4, 0.5) is 0 Å². The summed E-state index contributed by atoms with van der Waals surface area (Å²) in [4.78, 5) is 0. The van der Waals surface area contributed by atoms with E-state index in [9.17, 15) is 0 Å². The minimum Gasteiger partial charge on any atom is -0.347 e. The third-order valence-corrected chi connectivity index (χ3v) is 9.63. The lowest BCUT2D eigenvalue weighted by molar-refractivity contribution is -0.246. The Morgan fingerprint density at radius 2 is 1.50 bits per heavy atom. The van der Waals surface area contributed by atoms with Crippen LogP contribution in [0.25, 0.3) is 0 Å². The van der Waals surface area contributed by atoms with E-state index in [0.717, 1.165) is 43.3 Å². The third-order valence-electron chi connectivity index (χ3n) is 9.63. The van der Waals surface area contributed by atoms with E-state index in [4.69, 9.17) is 9.47 Å². The van der Waals surface area contributed by atoms with Gasteiger partial charge in [-0.25, -0.2) is 0 Å². The predicted molar refractivity (Wildman–Crippen MR) is 95.6 cm³/mol. The number of hydrogen-bond donors (Lipinski definition) is 0. The fourth-order valence-electron chi connectivity index (χ4n) is 8.36. The standard InChI is InChI=1S/C22H36O2/c1-20-11-5-3-4-6-16(20)7-8-17-18(20)9-12-21(2)19(17)10-13-22(21)23-14-15-24-22/h16-19H,3-15H2,1-2H3/t16-,17-,18?,19+,20+,21+/m1/s1. The first-order valence-electron chi connectivity index (χ1n) is 10.9. The number of fused-ring (bicyclic) bond motifs is 6. The SMILES string of the molecule is C[C@]12CCC3[C@@H](CC[C@H]4CCCCC[C@]34C)[C@@H]1CCC21OCCO1. The molecule has 0 aromatic carbocycles. The van der Waals surface area contributed by atoms with Gasteiger partial charge in [0.05, 0.1) is 13.2 Å². The zero-order valence-corrected chi connectivity index (χ0v) is 15.8. The van der Waals surface area contributed by atoms with Crippen molar-refractivity contribution >= 4 is 0 Å². The van der Waals surface area contributed by atoms with Gasteiger partial charge in [-0.3, -0.25) is 0 Å². The summed E-state index contributed by atoms with van der Waals surface area (Å²) >= 11 is 0. The zero-order valence-electron chi connectivity index (χ0n) is 15.8. The molecule has 0 radical (unpaired) electrons. The molecule has 1 aliphatic heterocycles. The Balaban J connectivity index is 1.46. The van der Waals surface area contributed by atoms with Gasteiger partial charge in [0.15, 0.2) is 5.79 Å². The quantitative estimate of drug-likeness (QED) is 0.579. The first-order chi connectivity index (χ1) is 11.6. The van der Waals surface area contributed by atoms with E-state index in [0.29, 0.717) is 5.41 Å². The van der Waals surface area contributed by atoms with Gasteiger partial charge in [0, 0.05) is 11.8 Å². The second kappa shape index (κ2) is 5.46. The molecule has 1 unspecified atom stereocenters. The highest BCUT2D eigenvalue weighted by atomic mass is 16.7. The Labute approximate surface area is 148 Å². The van der Waals surface area contributed by atoms with Gasteiger partial charge in [0.2, 0.25) is 0 Å². The van der Waals surface area contributed by atoms with Crippen molar-refractivity contribution in [1.82, 2.24) is 0 Å². The van der Waals surface area contributed by atoms with Crippen LogP contribution in [-0.4, -0.2) is 19.0 Å². The Kier molecular flexibility index (Phi) is 3.67. The zero-order chi connectivity index (χ0) is 16.4. The first-order valence-corrected chi connectivity index (χ1v) is 10.9. The third kappa shape index (κ3) is 1.96. The monoisotopic (exact) mass is 332 g/mol. The molecule has 136 valence electrons. The van der Waals surface area contributed by atoms with E-state index in [2.05, 4.69) is 13.8 Å². The Bertz CT molecular complexity index is 494. The van der Waals surface area contributed by atoms with Crippen molar-refractivity contribution in [2.75, 3.05) is 13.2 Å². The topological polar surface area (TPSA) is 18.5 Å². The summed E-state index contributed by atoms with van der Waals surface area (Å²) in [6, 6.07) is 0. The van der Waals surface area contributed by atoms with Gasteiger partial charge < -0.3 is 9.47 Å². The molecule has 0 amide bonds. The maximum Gasteiger partial charge on any atom is 0.174 e. The summed E-state index contributed by atoms with van der Waals surface area (Å²) in [5.74, 6) is 3.55. The van der Waals surface area contributed by atoms with Crippen LogP contribution >= 0.6 is 0 Å². The molecule has 5 rings (SSSR count). The highest BCUT2D eigenvalue weighted by Gasteiger charge is 2.66. The molecule has 5 aliphatic rings. The van der Waals surface area contributed by atoms with Gasteiger partial charge >= 0.3 is 0 Å². The summed E-state index contributed by atoms with van der Waals surface area (Å²) in [6.45, 7) is 6.84. The Morgan fingerprint density at radius 1 is 0.708 bits per heavy atom. The van der Waals surface area contributed by atoms with Crippen LogP contribution in [0.2, 0.25) is 0 Å². The molecule has 0 aromatic heterocycles. The van der Waals surface area contributed by atoms with Crippen LogP contribution in [0, 0.1) is 34.5 Å². The van der Waals surface area contributed by atoms with Crippen molar-refractivity contribution in [3.8, 4) is 0 Å². The lowest BCUT2D eigenvalue weighted by Crippen LogP contribution is -2.55. The molecule has 5 fully saturated rings. The maximum absolute atomic E-state index is 6.28. The van der Waals surface area contributed by atoms with Crippen LogP contribution in [0.3, 0.4) is 0 Å². The van der Waals surface area contributed by atoms with Crippen molar-refractivity contribution in [2.24, 2.45) is 34.5 Å². The van der Waals surface area contributed by atoms with Crippen LogP contribution in [0.15, 0.2) is 0 Å². The average Bonchev–Trinajstić information content (AvgIpc) is 3.10. The highest BCUT2D eigenvalue weighted by molar-refractivity contribution is 5.12. The molecule has 1 spiro atoms. The van der Waals surface area contributed by atoms with Gasteiger partial charge in [-0.15, -0.1) is 0 Å². The minimum absolute atomic E-state index is 0.218. The van der Waals surface area contributed by atoms with Crippen LogP contribution < -0.4 is 0 Å². The van der Waals surface area contributed by atoms with Gasteiger partial charge in [0.1, 0.15) is 0 Å². The van der Waals surface area contributed by atoms with Crippen molar-refractivity contribution in [1.29, 1.82) is 0 Å². The smallest absolute Gasteiger partial charge is 0.174 e. The van der Waals surface area contributed by atoms with Crippen LogP contribution in [0.1, 0.15) is 84.5 Å². The van der Waals surface area contributed by atoms with Crippen molar-refractivity contribution in [3.63, 3.8) is 0 Å². The molecule has 0 bridgehead atoms. The molecule has 2 heteroatoms. The maximum atomic E-state index is 6.28. The summed E-state index contributed by atoms with van der Waals surface area (Å²) in [5, 5.41) is 0. The number of hydrogen-bond acceptors (Lipinski definition) is 2. The van der Waals surface area contributed by atoms with E-state index in [1.807, 2.05) is 0 Å². The van der Waals surface area contributed by atoms with E-state index in [-0.39, 0.29) is 11.2 Å². The molecule has 4 saturated carbocycles. The molecule has 6 atom stereocenters. The molecule has 0 N–H and O–H groups in total. The highest BCUT2D eigenvalue weighted by Crippen LogP contribution is 2.69. The van der Waals surface area contributed by atoms with E-state index < -0.39 is 0 Å². The fraction of sp³-hybridized carbons (Fsp3) is 1.00. The van der Waals surface area contributed by atoms with Crippen molar-refractivity contribution < 1.29 is 9.47 Å². The van der Waals surface area contributed by atoms with E-state index >= 15 is 0 Å². The molecule has 1 heterocycles. The molecular weight excluding hydrogens is 296 g/mol. The molecule has 4 aliphatic carbocycles. The Hall–Kier alpha value is -0.0800. The molecule has 24 heavy (non-hydrogen) atoms. The van der Waals surface area contributed by atoms with E-state index in [1.165, 1.54) is 64.2 Å². The largest absolute Gasteiger partial charge is 0.347 e. The summed E-state index contributed by atoms with van der Waals surface area (Å²) in [6.07, 6.45) is 15.7. The Morgan fingerprint density at radius 3 is 2.33 bits per heavy atom. The van der Waals surface area contributed by atoms with Gasteiger partial charge in [-0.1, -0.05) is 33.1 Å². The molecule has 0 aromatic rings. The fourth-order valence-corrected chi connectivity index (χ4v) is 8.36. The van der Waals surface area contributed by atoms with Crippen molar-refractivity contribution in [3.05, 3.63) is 0 Å². The first kappa shape index (κ1) is 16.1. The van der Waals surface area contributed by atoms with Crippen molar-refractivity contribution in [2.45, 2.75) is 90.3 Å². The summed E-state index contributed by atoms with van der Waals surface area (Å²) in [7, 11) is 0. The second-order valence-electron chi connectivity index (χ2n) is 10.2. The van der Waals surface area contributed by atoms with Gasteiger partial charge in [0.25, 0.3) is 0 Å². The van der Waals surface area contributed by atoms with Gasteiger partial charge in [-0.2, -0.15) is 0 Å². The molecule has 1 saturated heterocycles. The average molecular weight is 333 g/mol. The van der Waals surface area contributed by atoms with Gasteiger partial charge in [-0.05, 0) is 74.0 Å². The number of rotatable bonds is 0. The molecular formula is C22H36O2. The molecule has 2 nitrogen and oxygen atoms in total. The lowest BCUT2D eigenvalue weighted by atomic mass is 9.46. The normalized spacial score (nSPS) is 53.2. The predicted octanol–water partition coefficient (Wildman–Crippen LogP) is 5.55.